The van der Waals surface area contributed by atoms with Gasteiger partial charge in [0.2, 0.25) is 0 Å². The molecule has 2 nitrogen and oxygen atoms in total. The van der Waals surface area contributed by atoms with E-state index in [9.17, 15) is 10.2 Å². The van der Waals surface area contributed by atoms with Crippen molar-refractivity contribution in [3.05, 3.63) is 119 Å². The molecule has 4 aromatic carbocycles. The highest BCUT2D eigenvalue weighted by Crippen LogP contribution is 2.47. The lowest BCUT2D eigenvalue weighted by molar-refractivity contribution is 0.344. The van der Waals surface area contributed by atoms with Gasteiger partial charge in [-0.05, 0) is 65.3 Å². The zero-order chi connectivity index (χ0) is 24.4. The van der Waals surface area contributed by atoms with Crippen molar-refractivity contribution in [1.29, 1.82) is 0 Å². The third-order valence-electron chi connectivity index (χ3n) is 8.02. The summed E-state index contributed by atoms with van der Waals surface area (Å²) in [5.74, 6) is 0.766. The van der Waals surface area contributed by atoms with Crippen molar-refractivity contribution in [3.63, 3.8) is 0 Å². The molecular weight excluding hydrogens is 428 g/mol. The normalized spacial score (nSPS) is 16.1. The molecule has 0 aliphatic heterocycles. The van der Waals surface area contributed by atoms with E-state index < -0.39 is 0 Å². The standard InChI is InChI=1S/C33H34O2/c1-23-21-28(15-17-31(23)34)33(19-7-4-8-20-33)29-16-18-32(35)30(22-29)24(2)25-11-13-27(14-12-25)26-9-5-3-6-10-26/h3,5-6,9-18,21-22,24,34-35H,4,7-8,19-20H2,1-2H3. The van der Waals surface area contributed by atoms with Gasteiger partial charge in [0.25, 0.3) is 0 Å². The van der Waals surface area contributed by atoms with Crippen molar-refractivity contribution < 1.29 is 10.2 Å². The number of phenols is 2. The molecule has 0 bridgehead atoms. The van der Waals surface area contributed by atoms with Gasteiger partial charge in [0, 0.05) is 16.9 Å². The van der Waals surface area contributed by atoms with E-state index in [0.29, 0.717) is 11.5 Å². The van der Waals surface area contributed by atoms with Crippen LogP contribution >= 0.6 is 0 Å². The van der Waals surface area contributed by atoms with Crippen LogP contribution in [0.4, 0.5) is 0 Å². The highest BCUT2D eigenvalue weighted by molar-refractivity contribution is 5.64. The van der Waals surface area contributed by atoms with E-state index in [-0.39, 0.29) is 11.3 Å². The van der Waals surface area contributed by atoms with Crippen molar-refractivity contribution in [2.75, 3.05) is 0 Å². The highest BCUT2D eigenvalue weighted by atomic mass is 16.3. The summed E-state index contributed by atoms with van der Waals surface area (Å²) in [5.41, 5.74) is 7.93. The van der Waals surface area contributed by atoms with E-state index in [2.05, 4.69) is 79.7 Å². The third-order valence-corrected chi connectivity index (χ3v) is 8.02. The maximum atomic E-state index is 10.9. The van der Waals surface area contributed by atoms with Crippen LogP contribution < -0.4 is 0 Å². The summed E-state index contributed by atoms with van der Waals surface area (Å²) in [7, 11) is 0. The zero-order valence-corrected chi connectivity index (χ0v) is 20.7. The Morgan fingerprint density at radius 1 is 0.657 bits per heavy atom. The summed E-state index contributed by atoms with van der Waals surface area (Å²) in [4.78, 5) is 0. The molecule has 178 valence electrons. The second-order valence-electron chi connectivity index (χ2n) is 10.1. The molecule has 0 radical (unpaired) electrons. The number of aromatic hydroxyl groups is 2. The molecule has 0 saturated heterocycles. The molecule has 2 heteroatoms. The molecule has 0 aromatic heterocycles. The molecule has 5 rings (SSSR count). The van der Waals surface area contributed by atoms with Crippen LogP contribution in [-0.2, 0) is 5.41 Å². The number of hydrogen-bond donors (Lipinski definition) is 2. The molecule has 0 amide bonds. The lowest BCUT2D eigenvalue weighted by Crippen LogP contribution is -2.30. The Balaban J connectivity index is 1.52. The van der Waals surface area contributed by atoms with Gasteiger partial charge in [0.15, 0.2) is 0 Å². The number of benzene rings is 4. The van der Waals surface area contributed by atoms with E-state index in [1.807, 2.05) is 25.1 Å². The van der Waals surface area contributed by atoms with Crippen LogP contribution in [0.2, 0.25) is 0 Å². The summed E-state index contributed by atoms with van der Waals surface area (Å²) >= 11 is 0. The second kappa shape index (κ2) is 9.62. The van der Waals surface area contributed by atoms with Crippen molar-refractivity contribution >= 4 is 0 Å². The van der Waals surface area contributed by atoms with Crippen LogP contribution in [0.3, 0.4) is 0 Å². The molecule has 1 aliphatic rings. The quantitative estimate of drug-likeness (QED) is 0.312. The Bertz CT molecular complexity index is 1300. The fraction of sp³-hybridized carbons (Fsp3) is 0.273. The zero-order valence-electron chi connectivity index (χ0n) is 20.7. The fourth-order valence-corrected chi connectivity index (χ4v) is 5.83. The van der Waals surface area contributed by atoms with Gasteiger partial charge in [-0.1, -0.05) is 105 Å². The van der Waals surface area contributed by atoms with E-state index in [1.54, 1.807) is 0 Å². The summed E-state index contributed by atoms with van der Waals surface area (Å²) in [6, 6.07) is 31.4. The van der Waals surface area contributed by atoms with Crippen molar-refractivity contribution in [2.24, 2.45) is 0 Å². The minimum Gasteiger partial charge on any atom is -0.508 e. The van der Waals surface area contributed by atoms with E-state index in [0.717, 1.165) is 24.0 Å². The summed E-state index contributed by atoms with van der Waals surface area (Å²) in [5, 5.41) is 21.0. The molecule has 1 aliphatic carbocycles. The third kappa shape index (κ3) is 4.46. The average molecular weight is 463 g/mol. The van der Waals surface area contributed by atoms with Crippen molar-refractivity contribution in [1.82, 2.24) is 0 Å². The van der Waals surface area contributed by atoms with Crippen molar-refractivity contribution in [3.8, 4) is 22.6 Å². The molecule has 35 heavy (non-hydrogen) atoms. The molecular formula is C33H34O2. The largest absolute Gasteiger partial charge is 0.508 e. The van der Waals surface area contributed by atoms with Gasteiger partial charge in [-0.2, -0.15) is 0 Å². The number of aryl methyl sites for hydroxylation is 1. The van der Waals surface area contributed by atoms with Gasteiger partial charge >= 0.3 is 0 Å². The van der Waals surface area contributed by atoms with Gasteiger partial charge in [0.1, 0.15) is 11.5 Å². The number of hydrogen-bond acceptors (Lipinski definition) is 2. The van der Waals surface area contributed by atoms with Gasteiger partial charge in [0.05, 0.1) is 0 Å². The SMILES string of the molecule is Cc1cc(C2(c3ccc(O)c(C(C)c4ccc(-c5ccccc5)cc4)c3)CCCCC2)ccc1O. The van der Waals surface area contributed by atoms with Crippen molar-refractivity contribution in [2.45, 2.75) is 57.3 Å². The lowest BCUT2D eigenvalue weighted by Gasteiger charge is -2.39. The monoisotopic (exact) mass is 462 g/mol. The molecule has 1 atom stereocenters. The van der Waals surface area contributed by atoms with E-state index in [1.165, 1.54) is 47.1 Å². The molecule has 1 fully saturated rings. The maximum Gasteiger partial charge on any atom is 0.119 e. The molecule has 4 aromatic rings. The predicted octanol–water partition coefficient (Wildman–Crippen LogP) is 8.48. The van der Waals surface area contributed by atoms with E-state index in [4.69, 9.17) is 0 Å². The fourth-order valence-electron chi connectivity index (χ4n) is 5.83. The Morgan fingerprint density at radius 3 is 1.91 bits per heavy atom. The van der Waals surface area contributed by atoms with Crippen LogP contribution in [0.5, 0.6) is 11.5 Å². The van der Waals surface area contributed by atoms with Crippen LogP contribution in [-0.4, -0.2) is 10.2 Å². The summed E-state index contributed by atoms with van der Waals surface area (Å²) < 4.78 is 0. The topological polar surface area (TPSA) is 40.5 Å². The Morgan fingerprint density at radius 2 is 1.26 bits per heavy atom. The Labute approximate surface area is 208 Å². The van der Waals surface area contributed by atoms with Crippen LogP contribution in [0.1, 0.15) is 72.8 Å². The minimum absolute atomic E-state index is 0.0713. The number of rotatable bonds is 5. The lowest BCUT2D eigenvalue weighted by atomic mass is 9.64. The average Bonchev–Trinajstić information content (AvgIpc) is 2.91. The molecule has 0 spiro atoms. The van der Waals surface area contributed by atoms with Gasteiger partial charge < -0.3 is 10.2 Å². The van der Waals surface area contributed by atoms with Gasteiger partial charge in [-0.15, -0.1) is 0 Å². The van der Waals surface area contributed by atoms with Gasteiger partial charge in [-0.25, -0.2) is 0 Å². The Hall–Kier alpha value is -3.52. The minimum atomic E-state index is -0.0873. The molecule has 1 saturated carbocycles. The first-order valence-electron chi connectivity index (χ1n) is 12.8. The summed E-state index contributed by atoms with van der Waals surface area (Å²) in [6.45, 7) is 4.15. The highest BCUT2D eigenvalue weighted by Gasteiger charge is 2.36. The first kappa shape index (κ1) is 23.2. The predicted molar refractivity (Wildman–Crippen MR) is 144 cm³/mol. The first-order chi connectivity index (χ1) is 17.0. The molecule has 0 heterocycles. The maximum absolute atomic E-state index is 10.9. The molecule has 2 N–H and O–H groups in total. The van der Waals surface area contributed by atoms with E-state index >= 15 is 0 Å². The smallest absolute Gasteiger partial charge is 0.119 e. The summed E-state index contributed by atoms with van der Waals surface area (Å²) in [6.07, 6.45) is 5.80. The van der Waals surface area contributed by atoms with Gasteiger partial charge in [-0.3, -0.25) is 0 Å². The molecule has 1 unspecified atom stereocenters. The first-order valence-corrected chi connectivity index (χ1v) is 12.8. The number of phenolic OH excluding ortho intramolecular Hbond substituents is 2. The Kier molecular flexibility index (Phi) is 6.38. The second-order valence-corrected chi connectivity index (χ2v) is 10.1. The van der Waals surface area contributed by atoms with Crippen LogP contribution in [0, 0.1) is 6.92 Å². The van der Waals surface area contributed by atoms with Crippen LogP contribution in [0.15, 0.2) is 91.0 Å². The van der Waals surface area contributed by atoms with Crippen LogP contribution in [0.25, 0.3) is 11.1 Å².